The Morgan fingerprint density at radius 2 is 1.93 bits per heavy atom. The van der Waals surface area contributed by atoms with Crippen LogP contribution in [0.1, 0.15) is 32.6 Å². The molecule has 0 spiro atoms. The highest BCUT2D eigenvalue weighted by molar-refractivity contribution is 7.91. The Kier molecular flexibility index (Phi) is 2.84. The summed E-state index contributed by atoms with van der Waals surface area (Å²) in [4.78, 5) is 0. The first-order valence-electron chi connectivity index (χ1n) is 5.51. The van der Waals surface area contributed by atoms with Gasteiger partial charge in [-0.05, 0) is 31.6 Å². The molecule has 2 fully saturated rings. The minimum atomic E-state index is -2.71. The average Bonchev–Trinajstić information content (AvgIpc) is 2.59. The molecule has 1 aliphatic heterocycles. The van der Waals surface area contributed by atoms with E-state index in [1.807, 2.05) is 0 Å². The maximum atomic E-state index is 11.2. The lowest BCUT2D eigenvalue weighted by Gasteiger charge is -2.17. The number of hydrogen-bond donors (Lipinski definition) is 1. The normalized spacial score (nSPS) is 41.6. The lowest BCUT2D eigenvalue weighted by atomic mass is 10.1. The fourth-order valence-corrected chi connectivity index (χ4v) is 4.30. The van der Waals surface area contributed by atoms with E-state index in [4.69, 9.17) is 0 Å². The van der Waals surface area contributed by atoms with Crippen molar-refractivity contribution >= 4 is 9.84 Å². The molecule has 0 aromatic carbocycles. The Morgan fingerprint density at radius 3 is 2.43 bits per heavy atom. The van der Waals surface area contributed by atoms with E-state index < -0.39 is 9.84 Å². The molecule has 3 atom stereocenters. The maximum Gasteiger partial charge on any atom is 0.151 e. The Morgan fingerprint density at radius 1 is 1.14 bits per heavy atom. The van der Waals surface area contributed by atoms with E-state index in [2.05, 4.69) is 12.2 Å². The van der Waals surface area contributed by atoms with Gasteiger partial charge in [-0.15, -0.1) is 0 Å². The molecular weight excluding hydrogens is 198 g/mol. The van der Waals surface area contributed by atoms with Crippen LogP contribution >= 0.6 is 0 Å². The molecule has 0 bridgehead atoms. The number of nitrogens with one attached hydrogen (secondary N) is 1. The van der Waals surface area contributed by atoms with Gasteiger partial charge in [-0.2, -0.15) is 0 Å². The van der Waals surface area contributed by atoms with Gasteiger partial charge in [0.1, 0.15) is 0 Å². The smallest absolute Gasteiger partial charge is 0.151 e. The zero-order valence-electron chi connectivity index (χ0n) is 8.70. The second-order valence-electron chi connectivity index (χ2n) is 4.88. The molecule has 1 heterocycles. The second-order valence-corrected chi connectivity index (χ2v) is 7.11. The van der Waals surface area contributed by atoms with E-state index in [1.165, 1.54) is 19.3 Å². The summed E-state index contributed by atoms with van der Waals surface area (Å²) in [7, 11) is -2.71. The standard InChI is InChI=1S/C10H19NO2S/c1-8-2-3-9(6-8)11-10-4-5-14(12,13)7-10/h8-11H,2-7H2,1H3/t8-,9+,10+/m0/s1. The van der Waals surface area contributed by atoms with Crippen LogP contribution in [0.25, 0.3) is 0 Å². The van der Waals surface area contributed by atoms with Crippen LogP contribution in [0, 0.1) is 5.92 Å². The quantitative estimate of drug-likeness (QED) is 0.749. The number of rotatable bonds is 2. The highest BCUT2D eigenvalue weighted by Gasteiger charge is 2.31. The zero-order chi connectivity index (χ0) is 10.2. The monoisotopic (exact) mass is 217 g/mol. The van der Waals surface area contributed by atoms with E-state index in [0.29, 0.717) is 17.5 Å². The van der Waals surface area contributed by atoms with Gasteiger partial charge < -0.3 is 5.32 Å². The van der Waals surface area contributed by atoms with E-state index in [9.17, 15) is 8.42 Å². The molecule has 1 saturated carbocycles. The topological polar surface area (TPSA) is 46.2 Å². The molecule has 2 aliphatic rings. The Bertz CT molecular complexity index is 299. The zero-order valence-corrected chi connectivity index (χ0v) is 9.52. The van der Waals surface area contributed by atoms with Gasteiger partial charge in [-0.1, -0.05) is 6.92 Å². The molecule has 1 aliphatic carbocycles. The summed E-state index contributed by atoms with van der Waals surface area (Å²) in [5, 5.41) is 3.48. The lowest BCUT2D eigenvalue weighted by Crippen LogP contribution is -2.37. The third-order valence-corrected chi connectivity index (χ3v) is 5.17. The van der Waals surface area contributed by atoms with Gasteiger partial charge >= 0.3 is 0 Å². The average molecular weight is 217 g/mol. The van der Waals surface area contributed by atoms with Crippen molar-refractivity contribution in [2.45, 2.75) is 44.7 Å². The first-order chi connectivity index (χ1) is 6.55. The summed E-state index contributed by atoms with van der Waals surface area (Å²) in [6.07, 6.45) is 4.54. The summed E-state index contributed by atoms with van der Waals surface area (Å²) >= 11 is 0. The summed E-state index contributed by atoms with van der Waals surface area (Å²) in [6, 6.07) is 0.804. The van der Waals surface area contributed by atoms with Gasteiger partial charge in [0, 0.05) is 12.1 Å². The second kappa shape index (κ2) is 3.81. The van der Waals surface area contributed by atoms with Crippen molar-refractivity contribution in [2.24, 2.45) is 5.92 Å². The van der Waals surface area contributed by atoms with Gasteiger partial charge in [-0.25, -0.2) is 8.42 Å². The predicted octanol–water partition coefficient (Wildman–Crippen LogP) is 0.952. The maximum absolute atomic E-state index is 11.2. The van der Waals surface area contributed by atoms with Crippen molar-refractivity contribution in [3.8, 4) is 0 Å². The van der Waals surface area contributed by atoms with Crippen LogP contribution in [0.3, 0.4) is 0 Å². The Balaban J connectivity index is 1.82. The summed E-state index contributed by atoms with van der Waals surface area (Å²) in [5.74, 6) is 1.55. The molecule has 14 heavy (non-hydrogen) atoms. The van der Waals surface area contributed by atoms with Crippen molar-refractivity contribution < 1.29 is 8.42 Å². The third kappa shape index (κ3) is 2.48. The van der Waals surface area contributed by atoms with Gasteiger partial charge in [0.25, 0.3) is 0 Å². The van der Waals surface area contributed by atoms with Crippen LogP contribution in [0.5, 0.6) is 0 Å². The van der Waals surface area contributed by atoms with Crippen LogP contribution in [-0.2, 0) is 9.84 Å². The van der Waals surface area contributed by atoms with E-state index in [1.54, 1.807) is 0 Å². The molecule has 0 aromatic rings. The van der Waals surface area contributed by atoms with Crippen molar-refractivity contribution in [3.63, 3.8) is 0 Å². The molecule has 0 unspecified atom stereocenters. The summed E-state index contributed by atoms with van der Waals surface area (Å²) < 4.78 is 22.5. The lowest BCUT2D eigenvalue weighted by molar-refractivity contribution is 0.443. The van der Waals surface area contributed by atoms with E-state index in [0.717, 1.165) is 12.3 Å². The molecule has 1 saturated heterocycles. The molecule has 3 nitrogen and oxygen atoms in total. The van der Waals surface area contributed by atoms with E-state index >= 15 is 0 Å². The van der Waals surface area contributed by atoms with Crippen molar-refractivity contribution in [2.75, 3.05) is 11.5 Å². The van der Waals surface area contributed by atoms with Crippen LogP contribution in [0.2, 0.25) is 0 Å². The first-order valence-corrected chi connectivity index (χ1v) is 7.34. The molecule has 0 amide bonds. The highest BCUT2D eigenvalue weighted by Crippen LogP contribution is 2.26. The fourth-order valence-electron chi connectivity index (χ4n) is 2.62. The largest absolute Gasteiger partial charge is 0.310 e. The summed E-state index contributed by atoms with van der Waals surface area (Å²) in [6.45, 7) is 2.27. The Labute approximate surface area is 86.2 Å². The van der Waals surface area contributed by atoms with Gasteiger partial charge in [0.15, 0.2) is 9.84 Å². The van der Waals surface area contributed by atoms with Gasteiger partial charge in [0.2, 0.25) is 0 Å². The fraction of sp³-hybridized carbons (Fsp3) is 1.00. The highest BCUT2D eigenvalue weighted by atomic mass is 32.2. The number of hydrogen-bond acceptors (Lipinski definition) is 3. The van der Waals surface area contributed by atoms with Crippen LogP contribution in [0.4, 0.5) is 0 Å². The molecule has 0 radical (unpaired) electrons. The third-order valence-electron chi connectivity index (χ3n) is 3.40. The number of sulfone groups is 1. The first kappa shape index (κ1) is 10.4. The van der Waals surface area contributed by atoms with Crippen molar-refractivity contribution in [1.29, 1.82) is 0 Å². The van der Waals surface area contributed by atoms with Gasteiger partial charge in [0.05, 0.1) is 11.5 Å². The minimum Gasteiger partial charge on any atom is -0.310 e. The molecular formula is C10H19NO2S. The van der Waals surface area contributed by atoms with Crippen molar-refractivity contribution in [3.05, 3.63) is 0 Å². The molecule has 2 rings (SSSR count). The van der Waals surface area contributed by atoms with Gasteiger partial charge in [-0.3, -0.25) is 0 Å². The molecule has 0 aromatic heterocycles. The molecule has 1 N–H and O–H groups in total. The molecule has 4 heteroatoms. The van der Waals surface area contributed by atoms with Crippen molar-refractivity contribution in [1.82, 2.24) is 5.32 Å². The Hall–Kier alpha value is -0.0900. The van der Waals surface area contributed by atoms with E-state index in [-0.39, 0.29) is 6.04 Å². The molecule has 82 valence electrons. The van der Waals surface area contributed by atoms with Crippen LogP contribution in [-0.4, -0.2) is 32.0 Å². The minimum absolute atomic E-state index is 0.232. The van der Waals surface area contributed by atoms with Crippen LogP contribution < -0.4 is 5.32 Å². The SMILES string of the molecule is C[C@H]1CC[C@@H](N[C@@H]2CCS(=O)(=O)C2)C1. The predicted molar refractivity (Wildman–Crippen MR) is 57.0 cm³/mol. The van der Waals surface area contributed by atoms with Crippen LogP contribution in [0.15, 0.2) is 0 Å². The summed E-state index contributed by atoms with van der Waals surface area (Å²) in [5.41, 5.74) is 0.